The number of carbonyl (C=O) groups excluding carboxylic acids is 1. The van der Waals surface area contributed by atoms with Crippen molar-refractivity contribution >= 4 is 22.4 Å². The van der Waals surface area contributed by atoms with Crippen molar-refractivity contribution < 1.29 is 13.6 Å². The number of nitrogens with zero attached hydrogens (tertiary/aromatic N) is 1. The molecule has 6 heteroatoms. The van der Waals surface area contributed by atoms with E-state index < -0.39 is 11.7 Å². The largest absolute Gasteiger partial charge is 0.298 e. The van der Waals surface area contributed by atoms with E-state index in [1.165, 1.54) is 41.7 Å². The molecular formula is C17H12F2N2OS. The topological polar surface area (TPSA) is 42.0 Å². The first-order valence-electron chi connectivity index (χ1n) is 6.86. The molecule has 0 saturated heterocycles. The third-order valence-corrected chi connectivity index (χ3v) is 4.04. The van der Waals surface area contributed by atoms with Gasteiger partial charge in [0.2, 0.25) is 0 Å². The second-order valence-corrected chi connectivity index (χ2v) is 6.02. The van der Waals surface area contributed by atoms with Crippen molar-refractivity contribution in [1.29, 1.82) is 0 Å². The zero-order valence-corrected chi connectivity index (χ0v) is 12.7. The van der Waals surface area contributed by atoms with Crippen molar-refractivity contribution in [3.8, 4) is 0 Å². The van der Waals surface area contributed by atoms with E-state index in [1.807, 2.05) is 6.07 Å². The number of nitrogens with one attached hydrogen (secondary N) is 1. The average Bonchev–Trinajstić information content (AvgIpc) is 2.94. The predicted octanol–water partition coefficient (Wildman–Crippen LogP) is 4.26. The Labute approximate surface area is 135 Å². The Hall–Kier alpha value is -2.60. The van der Waals surface area contributed by atoms with E-state index in [4.69, 9.17) is 0 Å². The molecule has 0 unspecified atom stereocenters. The summed E-state index contributed by atoms with van der Waals surface area (Å²) in [6.07, 6.45) is 2.17. The second kappa shape index (κ2) is 6.66. The van der Waals surface area contributed by atoms with Crippen LogP contribution in [0.4, 0.5) is 13.9 Å². The summed E-state index contributed by atoms with van der Waals surface area (Å²) in [6.45, 7) is 0. The first kappa shape index (κ1) is 15.3. The highest BCUT2D eigenvalue weighted by Crippen LogP contribution is 2.22. The average molecular weight is 330 g/mol. The molecule has 3 aromatic rings. The fourth-order valence-electron chi connectivity index (χ4n) is 2.09. The Bertz CT molecular complexity index is 848. The van der Waals surface area contributed by atoms with E-state index in [9.17, 15) is 13.6 Å². The number of hydrogen-bond donors (Lipinski definition) is 1. The Morgan fingerprint density at radius 2 is 1.83 bits per heavy atom. The number of carbonyl (C=O) groups is 1. The highest BCUT2D eigenvalue weighted by Gasteiger charge is 2.10. The number of thiazole rings is 1. The monoisotopic (exact) mass is 330 g/mol. The molecule has 0 radical (unpaired) electrons. The molecule has 2 aromatic carbocycles. The first-order valence-corrected chi connectivity index (χ1v) is 7.68. The molecule has 1 N–H and O–H groups in total. The summed E-state index contributed by atoms with van der Waals surface area (Å²) in [5.74, 6) is -1.17. The van der Waals surface area contributed by atoms with Crippen molar-refractivity contribution in [3.63, 3.8) is 0 Å². The van der Waals surface area contributed by atoms with E-state index in [0.29, 0.717) is 11.6 Å². The Balaban J connectivity index is 1.68. The third kappa shape index (κ3) is 3.98. The molecule has 0 atom stereocenters. The quantitative estimate of drug-likeness (QED) is 0.776. The fraction of sp³-hybridized carbons (Fsp3) is 0.0588. The molecule has 1 heterocycles. The first-order chi connectivity index (χ1) is 11.1. The lowest BCUT2D eigenvalue weighted by Crippen LogP contribution is -2.11. The van der Waals surface area contributed by atoms with Crippen LogP contribution in [0.25, 0.3) is 0 Å². The van der Waals surface area contributed by atoms with Crippen LogP contribution >= 0.6 is 11.3 Å². The van der Waals surface area contributed by atoms with Gasteiger partial charge in [-0.15, -0.1) is 11.3 Å². The molecule has 23 heavy (non-hydrogen) atoms. The summed E-state index contributed by atoms with van der Waals surface area (Å²) in [5, 5.41) is 3.05. The molecule has 1 aromatic heterocycles. The van der Waals surface area contributed by atoms with Crippen molar-refractivity contribution in [1.82, 2.24) is 4.98 Å². The van der Waals surface area contributed by atoms with E-state index in [0.717, 1.165) is 16.5 Å². The maximum Gasteiger partial charge on any atom is 0.257 e. The summed E-state index contributed by atoms with van der Waals surface area (Å²) in [6, 6.07) is 11.8. The molecule has 0 aliphatic heterocycles. The minimum absolute atomic E-state index is 0.229. The van der Waals surface area contributed by atoms with Gasteiger partial charge in [0.15, 0.2) is 5.13 Å². The maximum atomic E-state index is 13.2. The van der Waals surface area contributed by atoms with Crippen LogP contribution in [0.5, 0.6) is 0 Å². The number of benzene rings is 2. The number of aromatic nitrogens is 1. The van der Waals surface area contributed by atoms with Crippen molar-refractivity contribution in [2.24, 2.45) is 0 Å². The van der Waals surface area contributed by atoms with Crippen LogP contribution in [0.1, 0.15) is 20.8 Å². The summed E-state index contributed by atoms with van der Waals surface area (Å²) >= 11 is 1.30. The minimum Gasteiger partial charge on any atom is -0.298 e. The molecule has 0 aliphatic rings. The molecule has 3 rings (SSSR count). The molecule has 0 spiro atoms. The van der Waals surface area contributed by atoms with Gasteiger partial charge in [-0.2, -0.15) is 0 Å². The molecule has 0 fully saturated rings. The molecular weight excluding hydrogens is 318 g/mol. The van der Waals surface area contributed by atoms with Gasteiger partial charge in [0, 0.05) is 23.1 Å². The van der Waals surface area contributed by atoms with Gasteiger partial charge in [-0.1, -0.05) is 18.2 Å². The molecule has 0 bridgehead atoms. The van der Waals surface area contributed by atoms with Crippen LogP contribution < -0.4 is 5.32 Å². The Morgan fingerprint density at radius 3 is 2.57 bits per heavy atom. The molecule has 0 saturated carbocycles. The fourth-order valence-corrected chi connectivity index (χ4v) is 2.94. The summed E-state index contributed by atoms with van der Waals surface area (Å²) in [5.41, 5.74) is 1.06. The van der Waals surface area contributed by atoms with Gasteiger partial charge < -0.3 is 0 Å². The number of anilines is 1. The zero-order chi connectivity index (χ0) is 16.2. The van der Waals surface area contributed by atoms with E-state index in [-0.39, 0.29) is 11.4 Å². The van der Waals surface area contributed by atoms with Gasteiger partial charge in [0.05, 0.1) is 0 Å². The summed E-state index contributed by atoms with van der Waals surface area (Å²) in [4.78, 5) is 17.0. The predicted molar refractivity (Wildman–Crippen MR) is 85.7 cm³/mol. The molecule has 1 amide bonds. The molecule has 3 nitrogen and oxygen atoms in total. The van der Waals surface area contributed by atoms with Crippen LogP contribution in [0.3, 0.4) is 0 Å². The van der Waals surface area contributed by atoms with Gasteiger partial charge in [0.25, 0.3) is 5.91 Å². The standard InChI is InChI=1S/C17H12F2N2OS/c18-13-5-1-3-11(7-13)8-15-10-20-17(23-15)21-16(22)12-4-2-6-14(19)9-12/h1-7,9-10H,8H2,(H,20,21,22). The minimum atomic E-state index is -0.469. The van der Waals surface area contributed by atoms with Crippen LogP contribution in [0.2, 0.25) is 0 Å². The molecule has 116 valence electrons. The van der Waals surface area contributed by atoms with Gasteiger partial charge in [-0.3, -0.25) is 10.1 Å². The Kier molecular flexibility index (Phi) is 4.43. The third-order valence-electron chi connectivity index (χ3n) is 3.13. The van der Waals surface area contributed by atoms with E-state index in [2.05, 4.69) is 10.3 Å². The lowest BCUT2D eigenvalue weighted by molar-refractivity contribution is 0.102. The smallest absolute Gasteiger partial charge is 0.257 e. The van der Waals surface area contributed by atoms with Crippen LogP contribution in [0.15, 0.2) is 54.7 Å². The van der Waals surface area contributed by atoms with Gasteiger partial charge in [-0.25, -0.2) is 13.8 Å². The van der Waals surface area contributed by atoms with Crippen LogP contribution in [-0.2, 0) is 6.42 Å². The van der Waals surface area contributed by atoms with E-state index in [1.54, 1.807) is 12.3 Å². The number of halogens is 2. The van der Waals surface area contributed by atoms with Gasteiger partial charge >= 0.3 is 0 Å². The van der Waals surface area contributed by atoms with Gasteiger partial charge in [-0.05, 0) is 35.9 Å². The molecule has 0 aliphatic carbocycles. The number of hydrogen-bond acceptors (Lipinski definition) is 3. The van der Waals surface area contributed by atoms with E-state index >= 15 is 0 Å². The second-order valence-electron chi connectivity index (χ2n) is 4.90. The lowest BCUT2D eigenvalue weighted by atomic mass is 10.1. The SMILES string of the molecule is O=C(Nc1ncc(Cc2cccc(F)c2)s1)c1cccc(F)c1. The Morgan fingerprint density at radius 1 is 1.09 bits per heavy atom. The number of amides is 1. The number of rotatable bonds is 4. The van der Waals surface area contributed by atoms with Gasteiger partial charge in [0.1, 0.15) is 11.6 Å². The van der Waals surface area contributed by atoms with Crippen molar-refractivity contribution in [3.05, 3.63) is 82.4 Å². The normalized spacial score (nSPS) is 10.5. The summed E-state index contributed by atoms with van der Waals surface area (Å²) in [7, 11) is 0. The maximum absolute atomic E-state index is 13.2. The van der Waals surface area contributed by atoms with Crippen molar-refractivity contribution in [2.75, 3.05) is 5.32 Å². The lowest BCUT2D eigenvalue weighted by Gasteiger charge is -2.01. The van der Waals surface area contributed by atoms with Crippen molar-refractivity contribution in [2.45, 2.75) is 6.42 Å². The zero-order valence-electron chi connectivity index (χ0n) is 11.9. The summed E-state index contributed by atoms with van der Waals surface area (Å²) < 4.78 is 26.3. The van der Waals surface area contributed by atoms with Crippen LogP contribution in [-0.4, -0.2) is 10.9 Å². The highest BCUT2D eigenvalue weighted by molar-refractivity contribution is 7.15. The highest BCUT2D eigenvalue weighted by atomic mass is 32.1. The van der Waals surface area contributed by atoms with Crippen LogP contribution in [0, 0.1) is 11.6 Å².